The first kappa shape index (κ1) is 23.9. The minimum atomic E-state index is 0.277. The first-order valence-corrected chi connectivity index (χ1v) is 9.83. The SMILES string of the molecule is Cc1cc(O)c(C(C)C)cc1Cl.Cc1cc(O)cc(C)c1Cl.c1ccccc1. The summed E-state index contributed by atoms with van der Waals surface area (Å²) in [5.41, 5.74) is 3.66. The molecular weight excluding hydrogens is 391 g/mol. The van der Waals surface area contributed by atoms with Crippen molar-refractivity contribution in [3.63, 3.8) is 0 Å². The molecule has 0 spiro atoms. The maximum absolute atomic E-state index is 9.53. The number of hydrogen-bond acceptors (Lipinski definition) is 2. The third-order valence-corrected chi connectivity index (χ3v) is 5.02. The fourth-order valence-corrected chi connectivity index (χ4v) is 2.73. The molecule has 3 aromatic carbocycles. The molecule has 0 aliphatic heterocycles. The van der Waals surface area contributed by atoms with E-state index in [1.807, 2.05) is 77.1 Å². The number of aromatic hydroxyl groups is 2. The molecule has 0 aliphatic rings. The second-order valence-corrected chi connectivity index (χ2v) is 7.65. The van der Waals surface area contributed by atoms with Crippen molar-refractivity contribution in [3.05, 3.63) is 93.0 Å². The molecule has 0 heterocycles. The van der Waals surface area contributed by atoms with Crippen LogP contribution in [0.15, 0.2) is 60.7 Å². The zero-order valence-electron chi connectivity index (χ0n) is 17.0. The lowest BCUT2D eigenvalue weighted by molar-refractivity contribution is 0.464. The van der Waals surface area contributed by atoms with Crippen molar-refractivity contribution in [2.75, 3.05) is 0 Å². The highest BCUT2D eigenvalue weighted by molar-refractivity contribution is 6.32. The molecular formula is C24H28Cl2O2. The third kappa shape index (κ3) is 7.84. The summed E-state index contributed by atoms with van der Waals surface area (Å²) in [6.07, 6.45) is 0. The van der Waals surface area contributed by atoms with Gasteiger partial charge in [-0.3, -0.25) is 0 Å². The van der Waals surface area contributed by atoms with Gasteiger partial charge in [0.05, 0.1) is 0 Å². The van der Waals surface area contributed by atoms with Gasteiger partial charge in [0.2, 0.25) is 0 Å². The Labute approximate surface area is 178 Å². The number of aryl methyl sites for hydroxylation is 3. The van der Waals surface area contributed by atoms with E-state index in [-0.39, 0.29) is 5.75 Å². The van der Waals surface area contributed by atoms with Crippen LogP contribution in [-0.4, -0.2) is 10.2 Å². The van der Waals surface area contributed by atoms with Gasteiger partial charge in [0.1, 0.15) is 11.5 Å². The van der Waals surface area contributed by atoms with Crippen molar-refractivity contribution in [2.45, 2.75) is 40.5 Å². The number of benzene rings is 3. The van der Waals surface area contributed by atoms with Gasteiger partial charge >= 0.3 is 0 Å². The van der Waals surface area contributed by atoms with Crippen molar-refractivity contribution in [3.8, 4) is 11.5 Å². The summed E-state index contributed by atoms with van der Waals surface area (Å²) in [6, 6.07) is 18.8. The monoisotopic (exact) mass is 418 g/mol. The van der Waals surface area contributed by atoms with Gasteiger partial charge in [0.25, 0.3) is 0 Å². The minimum Gasteiger partial charge on any atom is -0.508 e. The maximum atomic E-state index is 9.53. The maximum Gasteiger partial charge on any atom is 0.119 e. The summed E-state index contributed by atoms with van der Waals surface area (Å²) in [6.45, 7) is 9.68. The molecule has 3 aromatic rings. The fourth-order valence-electron chi connectivity index (χ4n) is 2.45. The van der Waals surface area contributed by atoms with Gasteiger partial charge < -0.3 is 10.2 Å². The number of rotatable bonds is 1. The highest BCUT2D eigenvalue weighted by Crippen LogP contribution is 2.30. The Kier molecular flexibility index (Phi) is 9.92. The average Bonchev–Trinajstić information content (AvgIpc) is 2.65. The zero-order valence-corrected chi connectivity index (χ0v) is 18.5. The van der Waals surface area contributed by atoms with E-state index in [0.29, 0.717) is 11.7 Å². The lowest BCUT2D eigenvalue weighted by Gasteiger charge is -2.09. The molecule has 28 heavy (non-hydrogen) atoms. The van der Waals surface area contributed by atoms with Gasteiger partial charge in [0.15, 0.2) is 0 Å². The van der Waals surface area contributed by atoms with E-state index in [1.54, 1.807) is 18.2 Å². The Morgan fingerprint density at radius 3 is 1.50 bits per heavy atom. The normalized spacial score (nSPS) is 9.86. The van der Waals surface area contributed by atoms with Gasteiger partial charge in [-0.1, -0.05) is 73.4 Å². The lowest BCUT2D eigenvalue weighted by atomic mass is 10.0. The summed E-state index contributed by atoms with van der Waals surface area (Å²) < 4.78 is 0. The topological polar surface area (TPSA) is 40.5 Å². The zero-order chi connectivity index (χ0) is 21.3. The first-order valence-electron chi connectivity index (χ1n) is 9.08. The van der Waals surface area contributed by atoms with Crippen LogP contribution in [0.4, 0.5) is 0 Å². The van der Waals surface area contributed by atoms with E-state index in [4.69, 9.17) is 28.3 Å². The summed E-state index contributed by atoms with van der Waals surface area (Å²) in [7, 11) is 0. The standard InChI is InChI=1S/C10H13ClO.C8H9ClO.C6H6/c1-6(2)8-5-9(11)7(3)4-10(8)12;1-5-3-7(10)4-6(2)8(5)9;1-2-4-6-5-3-1/h4-6,12H,1-3H3;3-4,10H,1-2H3;1-6H. The van der Waals surface area contributed by atoms with E-state index >= 15 is 0 Å². The van der Waals surface area contributed by atoms with Crippen molar-refractivity contribution in [1.29, 1.82) is 0 Å². The number of phenolic OH excluding ortho intramolecular Hbond substituents is 2. The summed E-state index contributed by atoms with van der Waals surface area (Å²) in [5, 5.41) is 20.0. The van der Waals surface area contributed by atoms with Crippen LogP contribution in [0.25, 0.3) is 0 Å². The fraction of sp³-hybridized carbons (Fsp3) is 0.250. The molecule has 0 saturated heterocycles. The summed E-state index contributed by atoms with van der Waals surface area (Å²) in [4.78, 5) is 0. The van der Waals surface area contributed by atoms with Gasteiger partial charge in [-0.25, -0.2) is 0 Å². The molecule has 0 fully saturated rings. The van der Waals surface area contributed by atoms with E-state index in [2.05, 4.69) is 0 Å². The molecule has 0 saturated carbocycles. The quantitative estimate of drug-likeness (QED) is 0.422. The van der Waals surface area contributed by atoms with Crippen LogP contribution in [0.1, 0.15) is 42.0 Å². The summed E-state index contributed by atoms with van der Waals surface area (Å²) >= 11 is 11.8. The van der Waals surface area contributed by atoms with E-state index in [1.165, 1.54) is 0 Å². The van der Waals surface area contributed by atoms with Crippen LogP contribution in [0.2, 0.25) is 10.0 Å². The molecule has 0 aliphatic carbocycles. The number of phenols is 2. The molecule has 2 N–H and O–H groups in total. The van der Waals surface area contributed by atoms with Crippen LogP contribution in [0.3, 0.4) is 0 Å². The molecule has 2 nitrogen and oxygen atoms in total. The molecule has 0 atom stereocenters. The van der Waals surface area contributed by atoms with Crippen molar-refractivity contribution >= 4 is 23.2 Å². The third-order valence-electron chi connectivity index (χ3n) is 4.02. The number of hydrogen-bond donors (Lipinski definition) is 2. The minimum absolute atomic E-state index is 0.277. The second kappa shape index (κ2) is 11.6. The summed E-state index contributed by atoms with van der Waals surface area (Å²) in [5.74, 6) is 0.925. The van der Waals surface area contributed by atoms with E-state index < -0.39 is 0 Å². The Bertz CT molecular complexity index is 826. The Balaban J connectivity index is 0.000000221. The van der Waals surface area contributed by atoms with E-state index in [9.17, 15) is 5.11 Å². The van der Waals surface area contributed by atoms with Crippen LogP contribution in [0.5, 0.6) is 11.5 Å². The van der Waals surface area contributed by atoms with Crippen molar-refractivity contribution in [2.24, 2.45) is 0 Å². The van der Waals surface area contributed by atoms with Crippen LogP contribution >= 0.6 is 23.2 Å². The van der Waals surface area contributed by atoms with Gasteiger partial charge in [-0.05, 0) is 73.2 Å². The Morgan fingerprint density at radius 2 is 1.11 bits per heavy atom. The first-order chi connectivity index (χ1) is 13.1. The molecule has 0 radical (unpaired) electrons. The second-order valence-electron chi connectivity index (χ2n) is 6.86. The largest absolute Gasteiger partial charge is 0.508 e. The van der Waals surface area contributed by atoms with Gasteiger partial charge in [-0.15, -0.1) is 0 Å². The number of halogens is 2. The predicted molar refractivity (Wildman–Crippen MR) is 121 cm³/mol. The Morgan fingerprint density at radius 1 is 0.679 bits per heavy atom. The predicted octanol–water partition coefficient (Wildman–Crippen LogP) is 7.83. The highest BCUT2D eigenvalue weighted by atomic mass is 35.5. The molecule has 3 rings (SSSR count). The molecule has 0 aromatic heterocycles. The van der Waals surface area contributed by atoms with Gasteiger partial charge in [-0.2, -0.15) is 0 Å². The smallest absolute Gasteiger partial charge is 0.119 e. The van der Waals surface area contributed by atoms with Gasteiger partial charge in [0, 0.05) is 10.0 Å². The van der Waals surface area contributed by atoms with Crippen molar-refractivity contribution in [1.82, 2.24) is 0 Å². The molecule has 150 valence electrons. The highest BCUT2D eigenvalue weighted by Gasteiger charge is 2.08. The van der Waals surface area contributed by atoms with E-state index in [0.717, 1.165) is 32.3 Å². The van der Waals surface area contributed by atoms with Crippen molar-refractivity contribution < 1.29 is 10.2 Å². The molecule has 4 heteroatoms. The molecule has 0 unspecified atom stereocenters. The lowest BCUT2D eigenvalue weighted by Crippen LogP contribution is -1.89. The molecule has 0 bridgehead atoms. The van der Waals surface area contributed by atoms with Crippen LogP contribution in [0, 0.1) is 20.8 Å². The average molecular weight is 419 g/mol. The van der Waals surface area contributed by atoms with Crippen LogP contribution in [-0.2, 0) is 0 Å². The Hall–Kier alpha value is -2.16. The molecule has 0 amide bonds. The van der Waals surface area contributed by atoms with Crippen LogP contribution < -0.4 is 0 Å².